The zero-order chi connectivity index (χ0) is 12.1. The summed E-state index contributed by atoms with van der Waals surface area (Å²) in [6.45, 7) is 5.33. The van der Waals surface area contributed by atoms with E-state index in [1.807, 2.05) is 13.2 Å². The molecule has 90 valence electrons. The first-order chi connectivity index (χ1) is 7.58. The third-order valence-electron chi connectivity index (χ3n) is 2.28. The van der Waals surface area contributed by atoms with Crippen molar-refractivity contribution in [2.24, 2.45) is 0 Å². The van der Waals surface area contributed by atoms with Gasteiger partial charge in [0, 0.05) is 24.5 Å². The third kappa shape index (κ3) is 3.16. The fourth-order valence-electron chi connectivity index (χ4n) is 1.18. The van der Waals surface area contributed by atoms with Crippen molar-refractivity contribution in [1.82, 2.24) is 15.1 Å². The van der Waals surface area contributed by atoms with Crippen LogP contribution in [0.25, 0.3) is 0 Å². The van der Waals surface area contributed by atoms with Gasteiger partial charge in [0.1, 0.15) is 0 Å². The van der Waals surface area contributed by atoms with E-state index in [0.29, 0.717) is 29.7 Å². The Morgan fingerprint density at radius 1 is 1.75 bits per heavy atom. The lowest BCUT2D eigenvalue weighted by atomic mass is 10.3. The Hall–Kier alpha value is -1.17. The number of aromatic nitrogens is 2. The first kappa shape index (κ1) is 12.9. The van der Waals surface area contributed by atoms with Crippen LogP contribution >= 0.6 is 11.8 Å². The molecule has 0 radical (unpaired) electrons. The average molecular weight is 242 g/mol. The highest BCUT2D eigenvalue weighted by Gasteiger charge is 2.14. The van der Waals surface area contributed by atoms with E-state index in [1.54, 1.807) is 22.6 Å². The molecule has 1 heterocycles. The van der Waals surface area contributed by atoms with E-state index >= 15 is 0 Å². The fraction of sp³-hybridized carbons (Fsp3) is 0.600. The third-order valence-corrected chi connectivity index (χ3v) is 3.25. The molecule has 0 bridgehead atoms. The minimum absolute atomic E-state index is 0.203. The molecule has 3 N–H and O–H groups in total. The summed E-state index contributed by atoms with van der Waals surface area (Å²) in [5.41, 5.74) is 6.45. The van der Waals surface area contributed by atoms with Gasteiger partial charge in [-0.1, -0.05) is 6.92 Å². The minimum Gasteiger partial charge on any atom is -0.396 e. The molecular formula is C10H18N4OS. The second-order valence-corrected chi connectivity index (χ2v) is 4.82. The van der Waals surface area contributed by atoms with Crippen LogP contribution in [-0.2, 0) is 6.54 Å². The number of hydrogen-bond acceptors (Lipinski definition) is 4. The highest BCUT2D eigenvalue weighted by Crippen LogP contribution is 2.09. The Balaban J connectivity index is 2.62. The molecule has 1 unspecified atom stereocenters. The Bertz CT molecular complexity index is 364. The summed E-state index contributed by atoms with van der Waals surface area (Å²) in [5, 5.41) is 7.30. The van der Waals surface area contributed by atoms with Crippen molar-refractivity contribution in [3.8, 4) is 0 Å². The highest BCUT2D eigenvalue weighted by atomic mass is 32.2. The van der Waals surface area contributed by atoms with Crippen LogP contribution in [0.1, 0.15) is 24.3 Å². The molecular weight excluding hydrogens is 224 g/mol. The van der Waals surface area contributed by atoms with E-state index in [4.69, 9.17) is 5.73 Å². The molecule has 5 nitrogen and oxygen atoms in total. The topological polar surface area (TPSA) is 72.9 Å². The van der Waals surface area contributed by atoms with Gasteiger partial charge in [-0.2, -0.15) is 16.9 Å². The lowest BCUT2D eigenvalue weighted by Gasteiger charge is -2.08. The van der Waals surface area contributed by atoms with Crippen molar-refractivity contribution >= 4 is 23.4 Å². The number of carbonyl (C=O) groups is 1. The van der Waals surface area contributed by atoms with Crippen molar-refractivity contribution in [2.45, 2.75) is 25.6 Å². The van der Waals surface area contributed by atoms with Gasteiger partial charge in [0.25, 0.3) is 5.91 Å². The van der Waals surface area contributed by atoms with E-state index in [2.05, 4.69) is 17.3 Å². The van der Waals surface area contributed by atoms with Crippen molar-refractivity contribution < 1.29 is 4.79 Å². The largest absolute Gasteiger partial charge is 0.396 e. The van der Waals surface area contributed by atoms with Gasteiger partial charge in [-0.3, -0.25) is 9.48 Å². The van der Waals surface area contributed by atoms with Gasteiger partial charge in [-0.25, -0.2) is 0 Å². The van der Waals surface area contributed by atoms with Crippen LogP contribution in [0, 0.1) is 0 Å². The van der Waals surface area contributed by atoms with Gasteiger partial charge in [0.2, 0.25) is 0 Å². The number of nitrogens with two attached hydrogens (primary N) is 1. The zero-order valence-corrected chi connectivity index (χ0v) is 10.7. The Labute approximate surface area is 99.8 Å². The predicted octanol–water partition coefficient (Wildman–Crippen LogP) is 0.966. The zero-order valence-electron chi connectivity index (χ0n) is 9.86. The molecule has 1 atom stereocenters. The molecule has 0 aromatic carbocycles. The summed E-state index contributed by atoms with van der Waals surface area (Å²) in [6, 6.07) is 0. The summed E-state index contributed by atoms with van der Waals surface area (Å²) in [5.74, 6) is -0.203. The molecule has 0 fully saturated rings. The van der Waals surface area contributed by atoms with Crippen molar-refractivity contribution in [3.63, 3.8) is 0 Å². The van der Waals surface area contributed by atoms with E-state index in [-0.39, 0.29) is 5.91 Å². The molecule has 1 aromatic heterocycles. The van der Waals surface area contributed by atoms with Crippen LogP contribution in [0.15, 0.2) is 6.20 Å². The maximum atomic E-state index is 11.7. The number of nitrogens with one attached hydrogen (secondary N) is 1. The second kappa shape index (κ2) is 5.79. The van der Waals surface area contributed by atoms with Crippen LogP contribution in [0.3, 0.4) is 0 Å². The van der Waals surface area contributed by atoms with Crippen molar-refractivity contribution in [1.29, 1.82) is 0 Å². The van der Waals surface area contributed by atoms with E-state index in [0.717, 1.165) is 0 Å². The monoisotopic (exact) mass is 242 g/mol. The molecule has 0 aliphatic heterocycles. The minimum atomic E-state index is -0.203. The van der Waals surface area contributed by atoms with E-state index in [1.165, 1.54) is 0 Å². The summed E-state index contributed by atoms with van der Waals surface area (Å²) >= 11 is 1.70. The van der Waals surface area contributed by atoms with Gasteiger partial charge >= 0.3 is 0 Å². The maximum absolute atomic E-state index is 11.7. The van der Waals surface area contributed by atoms with Crippen LogP contribution < -0.4 is 11.1 Å². The highest BCUT2D eigenvalue weighted by molar-refractivity contribution is 7.99. The summed E-state index contributed by atoms with van der Waals surface area (Å²) in [7, 11) is 0. The Morgan fingerprint density at radius 3 is 2.94 bits per heavy atom. The molecule has 0 spiro atoms. The van der Waals surface area contributed by atoms with Gasteiger partial charge in [-0.15, -0.1) is 0 Å². The second-order valence-electron chi connectivity index (χ2n) is 3.55. The summed E-state index contributed by atoms with van der Waals surface area (Å²) < 4.78 is 1.66. The number of amides is 1. The van der Waals surface area contributed by atoms with Crippen molar-refractivity contribution in [3.05, 3.63) is 11.9 Å². The first-order valence-electron chi connectivity index (χ1n) is 5.22. The van der Waals surface area contributed by atoms with E-state index in [9.17, 15) is 4.79 Å². The normalized spacial score (nSPS) is 12.4. The SMILES string of the molecule is CCn1cc(N)c(C(=O)NCC(C)SC)n1. The number of rotatable bonds is 5. The molecule has 1 rings (SSSR count). The van der Waals surface area contributed by atoms with Gasteiger partial charge < -0.3 is 11.1 Å². The van der Waals surface area contributed by atoms with Crippen LogP contribution in [0.2, 0.25) is 0 Å². The van der Waals surface area contributed by atoms with Crippen LogP contribution in [0.5, 0.6) is 0 Å². The fourth-order valence-corrected chi connectivity index (χ4v) is 1.43. The Morgan fingerprint density at radius 2 is 2.44 bits per heavy atom. The predicted molar refractivity (Wildman–Crippen MR) is 67.6 cm³/mol. The standard InChI is InChI=1S/C10H18N4OS/c1-4-14-6-8(11)9(13-14)10(15)12-5-7(2)16-3/h6-7H,4-5,11H2,1-3H3,(H,12,15). The number of hydrogen-bond donors (Lipinski definition) is 2. The maximum Gasteiger partial charge on any atom is 0.273 e. The number of aryl methyl sites for hydroxylation is 1. The molecule has 6 heteroatoms. The van der Waals surface area contributed by atoms with Gasteiger partial charge in [0.15, 0.2) is 5.69 Å². The Kier molecular flexibility index (Phi) is 4.67. The van der Waals surface area contributed by atoms with Crippen molar-refractivity contribution in [2.75, 3.05) is 18.5 Å². The number of nitrogens with zero attached hydrogens (tertiary/aromatic N) is 2. The molecule has 0 saturated carbocycles. The molecule has 1 aromatic rings. The number of thioether (sulfide) groups is 1. The van der Waals surface area contributed by atoms with Crippen LogP contribution in [0.4, 0.5) is 5.69 Å². The number of carbonyl (C=O) groups excluding carboxylic acids is 1. The van der Waals surface area contributed by atoms with E-state index < -0.39 is 0 Å². The van der Waals surface area contributed by atoms with Crippen LogP contribution in [-0.4, -0.2) is 33.7 Å². The molecule has 0 aliphatic carbocycles. The molecule has 0 saturated heterocycles. The first-order valence-corrected chi connectivity index (χ1v) is 6.51. The number of anilines is 1. The quantitative estimate of drug-likeness (QED) is 0.807. The molecule has 1 amide bonds. The summed E-state index contributed by atoms with van der Waals surface area (Å²) in [4.78, 5) is 11.7. The lowest BCUT2D eigenvalue weighted by Crippen LogP contribution is -2.30. The molecule has 0 aliphatic rings. The molecule has 16 heavy (non-hydrogen) atoms. The van der Waals surface area contributed by atoms with Gasteiger partial charge in [-0.05, 0) is 13.2 Å². The summed E-state index contributed by atoms with van der Waals surface area (Å²) in [6.07, 6.45) is 3.68. The number of nitrogen functional groups attached to an aromatic ring is 1. The lowest BCUT2D eigenvalue weighted by molar-refractivity contribution is 0.0949. The average Bonchev–Trinajstić information content (AvgIpc) is 2.67. The smallest absolute Gasteiger partial charge is 0.273 e. The van der Waals surface area contributed by atoms with Gasteiger partial charge in [0.05, 0.1) is 5.69 Å².